The predicted molar refractivity (Wildman–Crippen MR) is 51.3 cm³/mol. The minimum atomic E-state index is 0.0953. The first-order valence-corrected chi connectivity index (χ1v) is 3.77. The molecule has 0 bridgehead atoms. The Morgan fingerprint density at radius 3 is 2.36 bits per heavy atom. The SMILES string of the molecule is C=CC(C)(C)/C=C\C=C/NC. The summed E-state index contributed by atoms with van der Waals surface area (Å²) in [6, 6.07) is 0. The van der Waals surface area contributed by atoms with Crippen molar-refractivity contribution in [2.45, 2.75) is 13.8 Å². The Morgan fingerprint density at radius 1 is 1.27 bits per heavy atom. The van der Waals surface area contributed by atoms with Crippen LogP contribution in [-0.2, 0) is 0 Å². The van der Waals surface area contributed by atoms with E-state index in [-0.39, 0.29) is 5.41 Å². The van der Waals surface area contributed by atoms with Gasteiger partial charge in [0.1, 0.15) is 0 Å². The lowest BCUT2D eigenvalue weighted by Gasteiger charge is -2.12. The van der Waals surface area contributed by atoms with Crippen LogP contribution in [0.2, 0.25) is 0 Å². The molecule has 0 atom stereocenters. The van der Waals surface area contributed by atoms with Gasteiger partial charge in [-0.3, -0.25) is 0 Å². The average Bonchev–Trinajstić information content (AvgIpc) is 1.99. The molecule has 0 rings (SSSR count). The third-order valence-corrected chi connectivity index (χ3v) is 1.43. The van der Waals surface area contributed by atoms with Crippen LogP contribution in [0.1, 0.15) is 13.8 Å². The molecular weight excluding hydrogens is 134 g/mol. The molecule has 0 fully saturated rings. The molecule has 0 spiro atoms. The smallest absolute Gasteiger partial charge is 0.00277 e. The lowest BCUT2D eigenvalue weighted by Crippen LogP contribution is -2.00. The highest BCUT2D eigenvalue weighted by Gasteiger charge is 2.05. The van der Waals surface area contributed by atoms with E-state index in [9.17, 15) is 0 Å². The molecule has 0 aromatic heterocycles. The van der Waals surface area contributed by atoms with Crippen molar-refractivity contribution in [1.82, 2.24) is 5.32 Å². The zero-order chi connectivity index (χ0) is 8.74. The van der Waals surface area contributed by atoms with E-state index in [0.717, 1.165) is 0 Å². The average molecular weight is 151 g/mol. The van der Waals surface area contributed by atoms with Crippen molar-refractivity contribution in [3.05, 3.63) is 37.1 Å². The van der Waals surface area contributed by atoms with Crippen LogP contribution in [0.15, 0.2) is 37.1 Å². The van der Waals surface area contributed by atoms with E-state index < -0.39 is 0 Å². The predicted octanol–water partition coefficient (Wildman–Crippen LogP) is 2.49. The zero-order valence-electron chi connectivity index (χ0n) is 7.59. The van der Waals surface area contributed by atoms with Gasteiger partial charge in [-0.15, -0.1) is 6.58 Å². The van der Waals surface area contributed by atoms with Crippen LogP contribution in [-0.4, -0.2) is 7.05 Å². The fraction of sp³-hybridized carbons (Fsp3) is 0.400. The van der Waals surface area contributed by atoms with Gasteiger partial charge in [0, 0.05) is 12.5 Å². The summed E-state index contributed by atoms with van der Waals surface area (Å²) < 4.78 is 0. The Kier molecular flexibility index (Phi) is 4.35. The minimum absolute atomic E-state index is 0.0953. The lowest BCUT2D eigenvalue weighted by atomic mass is 9.93. The van der Waals surface area contributed by atoms with Crippen LogP contribution < -0.4 is 5.32 Å². The van der Waals surface area contributed by atoms with Crippen LogP contribution in [0.5, 0.6) is 0 Å². The summed E-state index contributed by atoms with van der Waals surface area (Å²) in [5.74, 6) is 0. The maximum absolute atomic E-state index is 3.74. The van der Waals surface area contributed by atoms with Crippen LogP contribution in [0, 0.1) is 5.41 Å². The monoisotopic (exact) mass is 151 g/mol. The fourth-order valence-corrected chi connectivity index (χ4v) is 0.523. The van der Waals surface area contributed by atoms with Gasteiger partial charge in [-0.25, -0.2) is 0 Å². The number of rotatable bonds is 4. The second-order valence-corrected chi connectivity index (χ2v) is 3.03. The number of nitrogens with one attached hydrogen (secondary N) is 1. The Balaban J connectivity index is 3.91. The molecule has 11 heavy (non-hydrogen) atoms. The summed E-state index contributed by atoms with van der Waals surface area (Å²) >= 11 is 0. The first-order valence-electron chi connectivity index (χ1n) is 3.77. The Bertz CT molecular complexity index is 164. The Hall–Kier alpha value is -0.980. The van der Waals surface area contributed by atoms with E-state index in [2.05, 4.69) is 31.8 Å². The number of hydrogen-bond acceptors (Lipinski definition) is 1. The van der Waals surface area contributed by atoms with Gasteiger partial charge in [0.05, 0.1) is 0 Å². The molecule has 0 amide bonds. The van der Waals surface area contributed by atoms with Gasteiger partial charge >= 0.3 is 0 Å². The van der Waals surface area contributed by atoms with E-state index in [1.807, 2.05) is 31.5 Å². The second kappa shape index (κ2) is 4.78. The van der Waals surface area contributed by atoms with Crippen molar-refractivity contribution in [2.75, 3.05) is 7.05 Å². The standard InChI is InChI=1S/C10H17N/c1-5-10(2,3)8-6-7-9-11-4/h5-9,11H,1H2,2-4H3/b8-6-,9-7-. The topological polar surface area (TPSA) is 12.0 Å². The summed E-state index contributed by atoms with van der Waals surface area (Å²) in [4.78, 5) is 0. The molecule has 0 aliphatic heterocycles. The number of allylic oxidation sites excluding steroid dienone is 4. The first-order chi connectivity index (χ1) is 5.12. The molecule has 0 heterocycles. The molecule has 0 aliphatic rings. The van der Waals surface area contributed by atoms with Gasteiger partial charge in [-0.05, 0) is 12.3 Å². The molecule has 0 aliphatic carbocycles. The summed E-state index contributed by atoms with van der Waals surface area (Å²) in [7, 11) is 1.88. The van der Waals surface area contributed by atoms with Gasteiger partial charge in [0.25, 0.3) is 0 Å². The molecule has 62 valence electrons. The van der Waals surface area contributed by atoms with Crippen LogP contribution in [0.3, 0.4) is 0 Å². The molecular formula is C10H17N. The summed E-state index contributed by atoms with van der Waals surface area (Å²) in [6.45, 7) is 7.97. The molecule has 1 N–H and O–H groups in total. The van der Waals surface area contributed by atoms with Crippen molar-refractivity contribution in [2.24, 2.45) is 5.41 Å². The van der Waals surface area contributed by atoms with Crippen LogP contribution in [0.4, 0.5) is 0 Å². The molecule has 0 aromatic rings. The normalized spacial score (nSPS) is 12.6. The van der Waals surface area contributed by atoms with Crippen molar-refractivity contribution < 1.29 is 0 Å². The van der Waals surface area contributed by atoms with Crippen molar-refractivity contribution >= 4 is 0 Å². The lowest BCUT2D eigenvalue weighted by molar-refractivity contribution is 0.628. The maximum atomic E-state index is 3.74. The molecule has 1 nitrogen and oxygen atoms in total. The van der Waals surface area contributed by atoms with Gasteiger partial charge in [0.15, 0.2) is 0 Å². The Labute approximate surface area is 69.5 Å². The minimum Gasteiger partial charge on any atom is -0.394 e. The summed E-state index contributed by atoms with van der Waals surface area (Å²) in [6.07, 6.45) is 9.89. The fourth-order valence-electron chi connectivity index (χ4n) is 0.523. The van der Waals surface area contributed by atoms with Gasteiger partial charge in [-0.2, -0.15) is 0 Å². The van der Waals surface area contributed by atoms with E-state index in [4.69, 9.17) is 0 Å². The van der Waals surface area contributed by atoms with E-state index in [0.29, 0.717) is 0 Å². The van der Waals surface area contributed by atoms with Crippen LogP contribution in [0.25, 0.3) is 0 Å². The van der Waals surface area contributed by atoms with Gasteiger partial charge < -0.3 is 5.32 Å². The quantitative estimate of drug-likeness (QED) is 0.481. The largest absolute Gasteiger partial charge is 0.394 e. The van der Waals surface area contributed by atoms with Crippen molar-refractivity contribution in [3.63, 3.8) is 0 Å². The second-order valence-electron chi connectivity index (χ2n) is 3.03. The van der Waals surface area contributed by atoms with Crippen molar-refractivity contribution in [1.29, 1.82) is 0 Å². The molecule has 0 saturated carbocycles. The molecule has 0 aromatic carbocycles. The molecule has 1 heteroatoms. The third kappa shape index (κ3) is 5.46. The molecule has 0 radical (unpaired) electrons. The first kappa shape index (κ1) is 10.0. The zero-order valence-corrected chi connectivity index (χ0v) is 7.59. The number of hydrogen-bond donors (Lipinski definition) is 1. The Morgan fingerprint density at radius 2 is 1.91 bits per heavy atom. The van der Waals surface area contributed by atoms with E-state index >= 15 is 0 Å². The highest BCUT2D eigenvalue weighted by Crippen LogP contribution is 2.17. The molecule has 0 saturated heterocycles. The third-order valence-electron chi connectivity index (χ3n) is 1.43. The van der Waals surface area contributed by atoms with Gasteiger partial charge in [0.2, 0.25) is 0 Å². The summed E-state index contributed by atoms with van der Waals surface area (Å²) in [5.41, 5.74) is 0.0953. The van der Waals surface area contributed by atoms with E-state index in [1.54, 1.807) is 0 Å². The van der Waals surface area contributed by atoms with Crippen LogP contribution >= 0.6 is 0 Å². The highest BCUT2D eigenvalue weighted by molar-refractivity contribution is 5.11. The van der Waals surface area contributed by atoms with E-state index in [1.165, 1.54) is 0 Å². The van der Waals surface area contributed by atoms with Gasteiger partial charge in [-0.1, -0.05) is 32.1 Å². The maximum Gasteiger partial charge on any atom is 0.00277 e. The highest BCUT2D eigenvalue weighted by atomic mass is 14.8. The van der Waals surface area contributed by atoms with Crippen molar-refractivity contribution in [3.8, 4) is 0 Å². The molecule has 0 unspecified atom stereocenters. The summed E-state index contributed by atoms with van der Waals surface area (Å²) in [5, 5.41) is 2.91.